The van der Waals surface area contributed by atoms with Gasteiger partial charge in [-0.2, -0.15) is 5.26 Å². The lowest BCUT2D eigenvalue weighted by atomic mass is 10.1. The summed E-state index contributed by atoms with van der Waals surface area (Å²) in [5.41, 5.74) is 2.46. The highest BCUT2D eigenvalue weighted by Crippen LogP contribution is 2.25. The van der Waals surface area contributed by atoms with Gasteiger partial charge in [0.1, 0.15) is 11.8 Å². The monoisotopic (exact) mass is 186 g/mol. The number of aromatic hydroxyl groups is 1. The fourth-order valence-electron chi connectivity index (χ4n) is 1.63. The third-order valence-corrected chi connectivity index (χ3v) is 2.33. The molecule has 0 bridgehead atoms. The van der Waals surface area contributed by atoms with Crippen molar-refractivity contribution in [2.45, 2.75) is 13.3 Å². The van der Waals surface area contributed by atoms with Crippen LogP contribution in [0, 0.1) is 11.3 Å². The van der Waals surface area contributed by atoms with Crippen LogP contribution in [0.25, 0.3) is 10.9 Å². The van der Waals surface area contributed by atoms with Crippen LogP contribution in [0.5, 0.6) is 5.75 Å². The number of aromatic amines is 1. The van der Waals surface area contributed by atoms with Crippen molar-refractivity contribution in [2.24, 2.45) is 0 Å². The first-order chi connectivity index (χ1) is 6.76. The Morgan fingerprint density at radius 1 is 1.50 bits per heavy atom. The molecule has 1 aromatic carbocycles. The summed E-state index contributed by atoms with van der Waals surface area (Å²) in [7, 11) is 0. The van der Waals surface area contributed by atoms with Gasteiger partial charge < -0.3 is 10.1 Å². The number of aryl methyl sites for hydroxylation is 1. The van der Waals surface area contributed by atoms with Gasteiger partial charge in [0.25, 0.3) is 0 Å². The average molecular weight is 186 g/mol. The number of benzene rings is 1. The van der Waals surface area contributed by atoms with Crippen molar-refractivity contribution in [3.63, 3.8) is 0 Å². The second-order valence-electron chi connectivity index (χ2n) is 3.17. The zero-order chi connectivity index (χ0) is 10.1. The largest absolute Gasteiger partial charge is 0.508 e. The Kier molecular flexibility index (Phi) is 1.90. The quantitative estimate of drug-likeness (QED) is 0.717. The van der Waals surface area contributed by atoms with Gasteiger partial charge in [-0.1, -0.05) is 6.92 Å². The molecule has 0 amide bonds. The SMILES string of the molecule is CCc1[nH]c2ccc(O)cc2c1C#N. The average Bonchev–Trinajstić information content (AvgIpc) is 2.54. The van der Waals surface area contributed by atoms with E-state index < -0.39 is 0 Å². The predicted molar refractivity (Wildman–Crippen MR) is 54.1 cm³/mol. The lowest BCUT2D eigenvalue weighted by molar-refractivity contribution is 0.476. The van der Waals surface area contributed by atoms with Crippen LogP contribution in [0.4, 0.5) is 0 Å². The molecule has 3 nitrogen and oxygen atoms in total. The van der Waals surface area contributed by atoms with Crippen LogP contribution in [0.3, 0.4) is 0 Å². The number of hydrogen-bond acceptors (Lipinski definition) is 2. The van der Waals surface area contributed by atoms with Crippen molar-refractivity contribution < 1.29 is 5.11 Å². The van der Waals surface area contributed by atoms with Crippen LogP contribution >= 0.6 is 0 Å². The normalized spacial score (nSPS) is 10.3. The predicted octanol–water partition coefficient (Wildman–Crippen LogP) is 2.31. The van der Waals surface area contributed by atoms with Crippen LogP contribution < -0.4 is 0 Å². The maximum absolute atomic E-state index is 9.31. The highest BCUT2D eigenvalue weighted by molar-refractivity contribution is 5.88. The van der Waals surface area contributed by atoms with Gasteiger partial charge >= 0.3 is 0 Å². The van der Waals surface area contributed by atoms with Crippen molar-refractivity contribution in [1.29, 1.82) is 5.26 Å². The molecule has 0 aliphatic carbocycles. The zero-order valence-electron chi connectivity index (χ0n) is 7.83. The summed E-state index contributed by atoms with van der Waals surface area (Å²) >= 11 is 0. The van der Waals surface area contributed by atoms with Crippen LogP contribution in [-0.4, -0.2) is 10.1 Å². The van der Waals surface area contributed by atoms with Gasteiger partial charge in [-0.3, -0.25) is 0 Å². The van der Waals surface area contributed by atoms with Crippen LogP contribution in [0.15, 0.2) is 18.2 Å². The Bertz CT molecular complexity index is 520. The number of nitrogens with zero attached hydrogens (tertiary/aromatic N) is 1. The van der Waals surface area contributed by atoms with E-state index >= 15 is 0 Å². The number of aromatic nitrogens is 1. The van der Waals surface area contributed by atoms with E-state index in [1.165, 1.54) is 0 Å². The number of rotatable bonds is 1. The third-order valence-electron chi connectivity index (χ3n) is 2.33. The van der Waals surface area contributed by atoms with Gasteiger partial charge in [-0.05, 0) is 24.6 Å². The Labute approximate surface area is 81.6 Å². The molecule has 2 N–H and O–H groups in total. The van der Waals surface area contributed by atoms with Crippen LogP contribution in [0.1, 0.15) is 18.2 Å². The first-order valence-corrected chi connectivity index (χ1v) is 4.50. The highest BCUT2D eigenvalue weighted by Gasteiger charge is 2.09. The number of phenols is 1. The van der Waals surface area contributed by atoms with Gasteiger partial charge in [0.2, 0.25) is 0 Å². The molecule has 0 saturated heterocycles. The molecule has 0 atom stereocenters. The van der Waals surface area contributed by atoms with E-state index in [-0.39, 0.29) is 5.75 Å². The van der Waals surface area contributed by atoms with E-state index in [2.05, 4.69) is 11.1 Å². The molecule has 2 rings (SSSR count). The van der Waals surface area contributed by atoms with E-state index in [4.69, 9.17) is 5.26 Å². The summed E-state index contributed by atoms with van der Waals surface area (Å²) in [5.74, 6) is 0.190. The Balaban J connectivity index is 2.83. The molecule has 0 fully saturated rings. The summed E-state index contributed by atoms with van der Waals surface area (Å²) in [5, 5.41) is 19.1. The minimum Gasteiger partial charge on any atom is -0.508 e. The number of nitrogens with one attached hydrogen (secondary N) is 1. The molecule has 1 aromatic heterocycles. The van der Waals surface area contributed by atoms with Crippen LogP contribution in [-0.2, 0) is 6.42 Å². The van der Waals surface area contributed by atoms with Gasteiger partial charge in [-0.25, -0.2) is 0 Å². The van der Waals surface area contributed by atoms with Crippen molar-refractivity contribution in [2.75, 3.05) is 0 Å². The fourth-order valence-corrected chi connectivity index (χ4v) is 1.63. The standard InChI is InChI=1S/C11H10N2O/c1-2-10-9(6-12)8-5-7(14)3-4-11(8)13-10/h3-5,13-14H,2H2,1H3. The summed E-state index contributed by atoms with van der Waals surface area (Å²) in [6, 6.07) is 7.16. The maximum atomic E-state index is 9.31. The van der Waals surface area contributed by atoms with Crippen molar-refractivity contribution >= 4 is 10.9 Å². The third kappa shape index (κ3) is 1.12. The summed E-state index contributed by atoms with van der Waals surface area (Å²) in [6.07, 6.45) is 0.790. The van der Waals surface area contributed by atoms with Crippen LogP contribution in [0.2, 0.25) is 0 Å². The minimum atomic E-state index is 0.190. The molecule has 0 saturated carbocycles. The number of phenolic OH excluding ortho intramolecular Hbond substituents is 1. The van der Waals surface area contributed by atoms with Gasteiger partial charge in [0.05, 0.1) is 5.56 Å². The molecule has 0 spiro atoms. The highest BCUT2D eigenvalue weighted by atomic mass is 16.3. The number of fused-ring (bicyclic) bond motifs is 1. The van der Waals surface area contributed by atoms with Crippen molar-refractivity contribution in [1.82, 2.24) is 4.98 Å². The second-order valence-corrected chi connectivity index (χ2v) is 3.17. The van der Waals surface area contributed by atoms with Gasteiger partial charge in [-0.15, -0.1) is 0 Å². The summed E-state index contributed by atoms with van der Waals surface area (Å²) in [4.78, 5) is 3.16. The topological polar surface area (TPSA) is 59.8 Å². The Morgan fingerprint density at radius 3 is 2.93 bits per heavy atom. The molecule has 2 aromatic rings. The molecule has 1 heterocycles. The summed E-state index contributed by atoms with van der Waals surface area (Å²) < 4.78 is 0. The Hall–Kier alpha value is -1.95. The van der Waals surface area contributed by atoms with Gasteiger partial charge in [0, 0.05) is 16.6 Å². The van der Waals surface area contributed by atoms with E-state index in [9.17, 15) is 5.11 Å². The molecule has 0 radical (unpaired) electrons. The molecule has 0 unspecified atom stereocenters. The zero-order valence-corrected chi connectivity index (χ0v) is 7.83. The van der Waals surface area contributed by atoms with Crippen molar-refractivity contribution in [3.8, 4) is 11.8 Å². The van der Waals surface area contributed by atoms with E-state index in [1.807, 2.05) is 6.92 Å². The second kappa shape index (κ2) is 3.08. The van der Waals surface area contributed by atoms with E-state index in [0.717, 1.165) is 23.0 Å². The molecular formula is C11H10N2O. The first-order valence-electron chi connectivity index (χ1n) is 4.50. The molecule has 0 aliphatic rings. The summed E-state index contributed by atoms with van der Waals surface area (Å²) in [6.45, 7) is 1.99. The Morgan fingerprint density at radius 2 is 2.29 bits per heavy atom. The van der Waals surface area contributed by atoms with E-state index in [1.54, 1.807) is 18.2 Å². The molecule has 3 heteroatoms. The molecule has 70 valence electrons. The lowest BCUT2D eigenvalue weighted by Crippen LogP contribution is -1.82. The molecular weight excluding hydrogens is 176 g/mol. The first kappa shape index (κ1) is 8.64. The fraction of sp³-hybridized carbons (Fsp3) is 0.182. The lowest BCUT2D eigenvalue weighted by Gasteiger charge is -1.91. The van der Waals surface area contributed by atoms with E-state index in [0.29, 0.717) is 5.56 Å². The smallest absolute Gasteiger partial charge is 0.116 e. The van der Waals surface area contributed by atoms with Crippen molar-refractivity contribution in [3.05, 3.63) is 29.5 Å². The number of nitriles is 1. The molecule has 0 aliphatic heterocycles. The minimum absolute atomic E-state index is 0.190. The number of H-pyrrole nitrogens is 1. The number of hydrogen-bond donors (Lipinski definition) is 2. The molecule has 14 heavy (non-hydrogen) atoms. The van der Waals surface area contributed by atoms with Gasteiger partial charge in [0.15, 0.2) is 0 Å². The maximum Gasteiger partial charge on any atom is 0.116 e.